The van der Waals surface area contributed by atoms with Gasteiger partial charge in [0.25, 0.3) is 10.1 Å². The largest absolute Gasteiger partial charge is 0.492 e. The summed E-state index contributed by atoms with van der Waals surface area (Å²) in [4.78, 5) is 0. The fourth-order valence-electron chi connectivity index (χ4n) is 1.03. The molecule has 1 aromatic carbocycles. The van der Waals surface area contributed by atoms with Crippen LogP contribution in [0.3, 0.4) is 0 Å². The average molecular weight is 226 g/mol. The van der Waals surface area contributed by atoms with Crippen LogP contribution in [-0.4, -0.2) is 33.2 Å². The number of ether oxygens (including phenoxy) is 1. The second-order valence-corrected chi connectivity index (χ2v) is 4.56. The maximum atomic E-state index is 10.4. The SMILES string of the molecule is [B]Cc1cccc(OCCS(=O)(=O)O)c1. The Bertz CT molecular complexity index is 416. The first-order valence-corrected chi connectivity index (χ1v) is 5.99. The Kier molecular flexibility index (Phi) is 4.17. The molecule has 0 aliphatic carbocycles. The topological polar surface area (TPSA) is 63.6 Å². The highest BCUT2D eigenvalue weighted by molar-refractivity contribution is 7.85. The zero-order valence-electron chi connectivity index (χ0n) is 8.09. The molecule has 0 heterocycles. The van der Waals surface area contributed by atoms with Crippen molar-refractivity contribution < 1.29 is 17.7 Å². The van der Waals surface area contributed by atoms with Gasteiger partial charge in [-0.05, 0) is 12.1 Å². The molecule has 80 valence electrons. The van der Waals surface area contributed by atoms with Crippen molar-refractivity contribution in [2.45, 2.75) is 6.32 Å². The molecule has 6 heteroatoms. The third kappa shape index (κ3) is 4.85. The molecule has 0 bridgehead atoms. The number of rotatable bonds is 5. The van der Waals surface area contributed by atoms with E-state index in [0.717, 1.165) is 5.56 Å². The molecule has 2 radical (unpaired) electrons. The minimum atomic E-state index is -3.96. The molecule has 4 nitrogen and oxygen atoms in total. The molecule has 1 rings (SSSR count). The molecule has 0 amide bonds. The summed E-state index contributed by atoms with van der Waals surface area (Å²) in [5.41, 5.74) is 0.902. The lowest BCUT2D eigenvalue weighted by Crippen LogP contribution is -2.12. The Balaban J connectivity index is 2.51. The zero-order chi connectivity index (χ0) is 11.3. The van der Waals surface area contributed by atoms with Crippen LogP contribution in [0.4, 0.5) is 0 Å². The summed E-state index contributed by atoms with van der Waals surface area (Å²) >= 11 is 0. The third-order valence-electron chi connectivity index (χ3n) is 1.74. The third-order valence-corrected chi connectivity index (χ3v) is 2.43. The summed E-state index contributed by atoms with van der Waals surface area (Å²) in [7, 11) is 1.47. The Labute approximate surface area is 90.4 Å². The van der Waals surface area contributed by atoms with E-state index in [4.69, 9.17) is 17.1 Å². The van der Waals surface area contributed by atoms with Crippen molar-refractivity contribution in [3.63, 3.8) is 0 Å². The fourth-order valence-corrected chi connectivity index (χ4v) is 1.32. The van der Waals surface area contributed by atoms with Gasteiger partial charge < -0.3 is 4.74 Å². The van der Waals surface area contributed by atoms with Gasteiger partial charge in [0.15, 0.2) is 0 Å². The van der Waals surface area contributed by atoms with Gasteiger partial charge in [-0.25, -0.2) is 0 Å². The standard InChI is InChI=1S/C9H11BO4S/c10-7-8-2-1-3-9(6-8)14-4-5-15(11,12)13/h1-3,6H,4-5,7H2,(H,11,12,13). The first-order valence-electron chi connectivity index (χ1n) is 4.38. The van der Waals surface area contributed by atoms with E-state index < -0.39 is 15.9 Å². The van der Waals surface area contributed by atoms with Crippen molar-refractivity contribution in [2.24, 2.45) is 0 Å². The van der Waals surface area contributed by atoms with Crippen molar-refractivity contribution in [3.8, 4) is 5.75 Å². The normalized spacial score (nSPS) is 11.3. The van der Waals surface area contributed by atoms with Crippen LogP contribution in [-0.2, 0) is 16.4 Å². The number of hydrogen-bond acceptors (Lipinski definition) is 3. The molecule has 1 aromatic rings. The van der Waals surface area contributed by atoms with Crippen LogP contribution in [0, 0.1) is 0 Å². The Morgan fingerprint density at radius 2 is 2.13 bits per heavy atom. The molecule has 0 aliphatic rings. The molecule has 0 fully saturated rings. The van der Waals surface area contributed by atoms with E-state index in [1.54, 1.807) is 18.2 Å². The molecular weight excluding hydrogens is 215 g/mol. The van der Waals surface area contributed by atoms with Gasteiger partial charge in [-0.3, -0.25) is 4.55 Å². The van der Waals surface area contributed by atoms with Crippen LogP contribution in [0.2, 0.25) is 0 Å². The molecule has 0 atom stereocenters. The zero-order valence-corrected chi connectivity index (χ0v) is 8.90. The van der Waals surface area contributed by atoms with Crippen molar-refractivity contribution in [2.75, 3.05) is 12.4 Å². The monoisotopic (exact) mass is 226 g/mol. The number of benzene rings is 1. The van der Waals surface area contributed by atoms with Gasteiger partial charge in [0.05, 0.1) is 7.85 Å². The molecule has 0 saturated heterocycles. The smallest absolute Gasteiger partial charge is 0.268 e. The second-order valence-electron chi connectivity index (χ2n) is 2.99. The van der Waals surface area contributed by atoms with E-state index >= 15 is 0 Å². The maximum Gasteiger partial charge on any atom is 0.268 e. The Morgan fingerprint density at radius 3 is 2.73 bits per heavy atom. The quantitative estimate of drug-likeness (QED) is 0.590. The maximum absolute atomic E-state index is 10.4. The van der Waals surface area contributed by atoms with Gasteiger partial charge in [0.1, 0.15) is 18.1 Å². The van der Waals surface area contributed by atoms with Gasteiger partial charge in [0.2, 0.25) is 0 Å². The van der Waals surface area contributed by atoms with Crippen LogP contribution in [0.1, 0.15) is 5.56 Å². The molecule has 0 unspecified atom stereocenters. The minimum Gasteiger partial charge on any atom is -0.492 e. The Hall–Kier alpha value is -1.01. The van der Waals surface area contributed by atoms with E-state index in [2.05, 4.69) is 0 Å². The molecular formula is C9H11BO4S. The lowest BCUT2D eigenvalue weighted by molar-refractivity contribution is 0.335. The van der Waals surface area contributed by atoms with Crippen LogP contribution >= 0.6 is 0 Å². The molecule has 0 spiro atoms. The predicted molar refractivity (Wildman–Crippen MR) is 57.8 cm³/mol. The highest BCUT2D eigenvalue weighted by Crippen LogP contribution is 2.12. The van der Waals surface area contributed by atoms with Gasteiger partial charge in [0, 0.05) is 0 Å². The first-order chi connectivity index (χ1) is 7.01. The molecule has 0 saturated carbocycles. The number of hydrogen-bond donors (Lipinski definition) is 1. The van der Waals surface area contributed by atoms with E-state index in [1.165, 1.54) is 0 Å². The van der Waals surface area contributed by atoms with Crippen molar-refractivity contribution in [1.29, 1.82) is 0 Å². The summed E-state index contributed by atoms with van der Waals surface area (Å²) in [6.07, 6.45) is 0.398. The average Bonchev–Trinajstić information content (AvgIpc) is 2.16. The van der Waals surface area contributed by atoms with Crippen molar-refractivity contribution in [1.82, 2.24) is 0 Å². The fraction of sp³-hybridized carbons (Fsp3) is 0.333. The summed E-state index contributed by atoms with van der Waals surface area (Å²) in [6, 6.07) is 7.04. The van der Waals surface area contributed by atoms with Gasteiger partial charge >= 0.3 is 0 Å². The van der Waals surface area contributed by atoms with E-state index in [9.17, 15) is 8.42 Å². The van der Waals surface area contributed by atoms with Gasteiger partial charge in [-0.1, -0.05) is 24.0 Å². The van der Waals surface area contributed by atoms with Crippen LogP contribution in [0.5, 0.6) is 5.75 Å². The highest BCUT2D eigenvalue weighted by Gasteiger charge is 2.04. The summed E-state index contributed by atoms with van der Waals surface area (Å²) in [5.74, 6) is 0.126. The highest BCUT2D eigenvalue weighted by atomic mass is 32.2. The summed E-state index contributed by atoms with van der Waals surface area (Å²) < 4.78 is 34.4. The van der Waals surface area contributed by atoms with Crippen LogP contribution < -0.4 is 4.74 Å². The van der Waals surface area contributed by atoms with E-state index in [1.807, 2.05) is 6.07 Å². The first kappa shape index (κ1) is 12.1. The van der Waals surface area contributed by atoms with Crippen molar-refractivity contribution >= 4 is 18.0 Å². The lowest BCUT2D eigenvalue weighted by atomic mass is 9.97. The molecule has 1 N–H and O–H groups in total. The summed E-state index contributed by atoms with van der Waals surface area (Å²) in [6.45, 7) is -0.0765. The van der Waals surface area contributed by atoms with E-state index in [0.29, 0.717) is 12.1 Å². The molecule has 0 aromatic heterocycles. The summed E-state index contributed by atoms with van der Waals surface area (Å²) in [5, 5.41) is 0. The Morgan fingerprint density at radius 1 is 1.40 bits per heavy atom. The van der Waals surface area contributed by atoms with E-state index in [-0.39, 0.29) is 6.61 Å². The van der Waals surface area contributed by atoms with Crippen LogP contribution in [0.15, 0.2) is 24.3 Å². The van der Waals surface area contributed by atoms with Gasteiger partial charge in [-0.15, -0.1) is 0 Å². The van der Waals surface area contributed by atoms with Crippen molar-refractivity contribution in [3.05, 3.63) is 29.8 Å². The molecule has 0 aliphatic heterocycles. The van der Waals surface area contributed by atoms with Gasteiger partial charge in [-0.2, -0.15) is 8.42 Å². The lowest BCUT2D eigenvalue weighted by Gasteiger charge is -2.06. The second kappa shape index (κ2) is 5.18. The minimum absolute atomic E-state index is 0.0765. The predicted octanol–water partition coefficient (Wildman–Crippen LogP) is 0.622. The molecule has 15 heavy (non-hydrogen) atoms. The van der Waals surface area contributed by atoms with Crippen LogP contribution in [0.25, 0.3) is 0 Å².